The summed E-state index contributed by atoms with van der Waals surface area (Å²) in [5.41, 5.74) is 3.88. The van der Waals surface area contributed by atoms with E-state index in [0.717, 1.165) is 55.0 Å². The fourth-order valence-electron chi connectivity index (χ4n) is 4.67. The Morgan fingerprint density at radius 3 is 2.84 bits per heavy atom. The van der Waals surface area contributed by atoms with Crippen molar-refractivity contribution in [2.75, 3.05) is 26.4 Å². The van der Waals surface area contributed by atoms with Crippen LogP contribution in [0.5, 0.6) is 0 Å². The maximum Gasteiger partial charge on any atom is 0.338 e. The molecule has 0 bridgehead atoms. The maximum atomic E-state index is 12.9. The molecule has 1 aromatic carbocycles. The number of rotatable bonds is 6. The van der Waals surface area contributed by atoms with E-state index in [-0.39, 0.29) is 23.9 Å². The Balaban J connectivity index is 1.45. The molecule has 1 fully saturated rings. The van der Waals surface area contributed by atoms with Gasteiger partial charge >= 0.3 is 5.97 Å². The van der Waals surface area contributed by atoms with E-state index in [1.54, 1.807) is 18.2 Å². The third kappa shape index (κ3) is 4.69. The van der Waals surface area contributed by atoms with Gasteiger partial charge in [-0.25, -0.2) is 4.79 Å². The molecule has 1 aromatic heterocycles. The topological polar surface area (TPSA) is 82.5 Å². The SMILES string of the molecule is CCc1nn(CCCOC(=O)c2ccc(Cl)cc2C)c2c1C(=O)NCC1(CCOCC1)C2. The summed E-state index contributed by atoms with van der Waals surface area (Å²) >= 11 is 5.97. The van der Waals surface area contributed by atoms with Crippen molar-refractivity contribution >= 4 is 23.5 Å². The van der Waals surface area contributed by atoms with E-state index in [1.807, 2.05) is 18.5 Å². The molecule has 2 aromatic rings. The lowest BCUT2D eigenvalue weighted by Crippen LogP contribution is -2.40. The highest BCUT2D eigenvalue weighted by Crippen LogP contribution is 2.37. The highest BCUT2D eigenvalue weighted by Gasteiger charge is 2.39. The van der Waals surface area contributed by atoms with Crippen molar-refractivity contribution in [2.45, 2.75) is 52.5 Å². The first-order valence-electron chi connectivity index (χ1n) is 11.3. The molecule has 0 saturated carbocycles. The van der Waals surface area contributed by atoms with Crippen LogP contribution in [0, 0.1) is 12.3 Å². The second-order valence-corrected chi connectivity index (χ2v) is 9.20. The molecule has 0 aliphatic carbocycles. The number of aryl methyl sites for hydroxylation is 3. The Bertz CT molecular complexity index is 1010. The summed E-state index contributed by atoms with van der Waals surface area (Å²) in [5, 5.41) is 8.47. The van der Waals surface area contributed by atoms with Gasteiger partial charge < -0.3 is 14.8 Å². The molecule has 0 radical (unpaired) electrons. The van der Waals surface area contributed by atoms with E-state index in [2.05, 4.69) is 5.32 Å². The normalized spacial score (nSPS) is 17.5. The van der Waals surface area contributed by atoms with Gasteiger partial charge in [-0.05, 0) is 61.8 Å². The molecular weight excluding hydrogens is 430 g/mol. The first-order chi connectivity index (χ1) is 15.4. The van der Waals surface area contributed by atoms with Crippen LogP contribution in [0.2, 0.25) is 5.02 Å². The lowest BCUT2D eigenvalue weighted by molar-refractivity contribution is 0.0152. The van der Waals surface area contributed by atoms with Crippen LogP contribution in [-0.2, 0) is 28.9 Å². The molecule has 32 heavy (non-hydrogen) atoms. The summed E-state index contributed by atoms with van der Waals surface area (Å²) in [4.78, 5) is 25.3. The van der Waals surface area contributed by atoms with Crippen LogP contribution < -0.4 is 5.32 Å². The van der Waals surface area contributed by atoms with Gasteiger partial charge in [0.1, 0.15) is 0 Å². The number of benzene rings is 1. The lowest BCUT2D eigenvalue weighted by Gasteiger charge is -2.36. The number of nitrogens with zero attached hydrogens (tertiary/aromatic N) is 2. The molecule has 0 unspecified atom stereocenters. The minimum Gasteiger partial charge on any atom is -0.462 e. The van der Waals surface area contributed by atoms with Gasteiger partial charge in [-0.15, -0.1) is 0 Å². The van der Waals surface area contributed by atoms with Crippen molar-refractivity contribution in [3.8, 4) is 0 Å². The van der Waals surface area contributed by atoms with Crippen molar-refractivity contribution in [3.05, 3.63) is 51.3 Å². The molecule has 3 heterocycles. The third-order valence-electron chi connectivity index (χ3n) is 6.57. The fourth-order valence-corrected chi connectivity index (χ4v) is 4.90. The van der Waals surface area contributed by atoms with Gasteiger partial charge in [0.15, 0.2) is 0 Å². The van der Waals surface area contributed by atoms with E-state index in [0.29, 0.717) is 36.5 Å². The van der Waals surface area contributed by atoms with Gasteiger partial charge in [-0.3, -0.25) is 9.48 Å². The van der Waals surface area contributed by atoms with Crippen LogP contribution in [0.3, 0.4) is 0 Å². The first kappa shape index (κ1) is 22.8. The first-order valence-corrected chi connectivity index (χ1v) is 11.7. The van der Waals surface area contributed by atoms with E-state index >= 15 is 0 Å². The molecule has 1 amide bonds. The minimum atomic E-state index is -0.353. The minimum absolute atomic E-state index is 0.0144. The average Bonchev–Trinajstić information content (AvgIpc) is 3.05. The number of amides is 1. The van der Waals surface area contributed by atoms with Gasteiger partial charge in [0, 0.05) is 37.7 Å². The Kier molecular flexibility index (Phi) is 6.86. The van der Waals surface area contributed by atoms with Gasteiger partial charge in [0.05, 0.1) is 29.1 Å². The van der Waals surface area contributed by atoms with E-state index in [1.165, 1.54) is 0 Å². The number of fused-ring (bicyclic) bond motifs is 1. The van der Waals surface area contributed by atoms with E-state index < -0.39 is 0 Å². The van der Waals surface area contributed by atoms with Gasteiger partial charge in [-0.1, -0.05) is 18.5 Å². The van der Waals surface area contributed by atoms with Gasteiger partial charge in [0.2, 0.25) is 0 Å². The number of nitrogens with one attached hydrogen (secondary N) is 1. The van der Waals surface area contributed by atoms with Crippen molar-refractivity contribution in [1.29, 1.82) is 0 Å². The summed E-state index contributed by atoms with van der Waals surface area (Å²) in [6.07, 6.45) is 3.98. The Morgan fingerprint density at radius 1 is 1.34 bits per heavy atom. The summed E-state index contributed by atoms with van der Waals surface area (Å²) in [6.45, 7) is 6.85. The second kappa shape index (κ2) is 9.63. The number of hydrogen-bond acceptors (Lipinski definition) is 5. The Labute approximate surface area is 193 Å². The van der Waals surface area contributed by atoms with Crippen molar-refractivity contribution < 1.29 is 19.1 Å². The largest absolute Gasteiger partial charge is 0.462 e. The highest BCUT2D eigenvalue weighted by molar-refractivity contribution is 6.30. The van der Waals surface area contributed by atoms with Crippen molar-refractivity contribution in [2.24, 2.45) is 5.41 Å². The smallest absolute Gasteiger partial charge is 0.338 e. The molecule has 2 aliphatic rings. The predicted molar refractivity (Wildman–Crippen MR) is 121 cm³/mol. The predicted octanol–water partition coefficient (Wildman–Crippen LogP) is 3.74. The van der Waals surface area contributed by atoms with Crippen LogP contribution in [-0.4, -0.2) is 48.0 Å². The number of ether oxygens (including phenoxy) is 2. The van der Waals surface area contributed by atoms with E-state index in [9.17, 15) is 9.59 Å². The number of halogens is 1. The summed E-state index contributed by atoms with van der Waals surface area (Å²) < 4.78 is 13.0. The number of esters is 1. The Hall–Kier alpha value is -2.38. The number of carbonyl (C=O) groups is 2. The van der Waals surface area contributed by atoms with Gasteiger partial charge in [-0.2, -0.15) is 5.10 Å². The third-order valence-corrected chi connectivity index (χ3v) is 6.80. The molecule has 1 spiro atoms. The molecule has 1 N–H and O–H groups in total. The molecule has 2 aliphatic heterocycles. The summed E-state index contributed by atoms with van der Waals surface area (Å²) in [7, 11) is 0. The average molecular weight is 460 g/mol. The number of aromatic nitrogens is 2. The van der Waals surface area contributed by atoms with Crippen LogP contribution in [0.4, 0.5) is 0 Å². The van der Waals surface area contributed by atoms with E-state index in [4.69, 9.17) is 26.2 Å². The standard InChI is InChI=1S/C24H30ClN3O4/c1-3-19-21-20(14-24(15-26-22(21)29)7-11-31-12-8-24)28(27-19)9-4-10-32-23(30)18-6-5-17(25)13-16(18)2/h5-6,13H,3-4,7-12,14-15H2,1-2H3,(H,26,29). The molecule has 7 nitrogen and oxygen atoms in total. The van der Waals surface area contributed by atoms with Crippen molar-refractivity contribution in [1.82, 2.24) is 15.1 Å². The second-order valence-electron chi connectivity index (χ2n) is 8.77. The maximum absolute atomic E-state index is 12.9. The fraction of sp³-hybridized carbons (Fsp3) is 0.542. The highest BCUT2D eigenvalue weighted by atomic mass is 35.5. The van der Waals surface area contributed by atoms with Gasteiger partial charge in [0.25, 0.3) is 5.91 Å². The van der Waals surface area contributed by atoms with Crippen LogP contribution in [0.1, 0.15) is 63.9 Å². The molecule has 172 valence electrons. The zero-order chi connectivity index (χ0) is 22.7. The van der Waals surface area contributed by atoms with Crippen LogP contribution >= 0.6 is 11.6 Å². The van der Waals surface area contributed by atoms with Crippen LogP contribution in [0.15, 0.2) is 18.2 Å². The molecule has 8 heteroatoms. The quantitative estimate of drug-likeness (QED) is 0.525. The molecule has 1 saturated heterocycles. The number of hydrogen-bond donors (Lipinski definition) is 1. The summed E-state index contributed by atoms with van der Waals surface area (Å²) in [6, 6.07) is 5.13. The van der Waals surface area contributed by atoms with Crippen molar-refractivity contribution in [3.63, 3.8) is 0 Å². The lowest BCUT2D eigenvalue weighted by atomic mass is 9.76. The monoisotopic (exact) mass is 459 g/mol. The number of carbonyl (C=O) groups excluding carboxylic acids is 2. The van der Waals surface area contributed by atoms with Crippen LogP contribution in [0.25, 0.3) is 0 Å². The zero-order valence-corrected chi connectivity index (χ0v) is 19.5. The molecule has 0 atom stereocenters. The molecule has 4 rings (SSSR count). The Morgan fingerprint density at radius 2 is 2.12 bits per heavy atom. The molecular formula is C24H30ClN3O4. The zero-order valence-electron chi connectivity index (χ0n) is 18.7. The summed E-state index contributed by atoms with van der Waals surface area (Å²) in [5.74, 6) is -0.385.